The van der Waals surface area contributed by atoms with Gasteiger partial charge in [0.25, 0.3) is 0 Å². The zero-order chi connectivity index (χ0) is 14.2. The van der Waals surface area contributed by atoms with Crippen LogP contribution < -0.4 is 11.1 Å². The summed E-state index contributed by atoms with van der Waals surface area (Å²) in [6.07, 6.45) is 4.88. The van der Waals surface area contributed by atoms with E-state index in [1.54, 1.807) is 0 Å². The summed E-state index contributed by atoms with van der Waals surface area (Å²) in [7, 11) is 0. The quantitative estimate of drug-likeness (QED) is 0.751. The molecule has 1 aliphatic heterocycles. The number of unbranched alkanes of at least 4 members (excludes halogenated alkanes) is 1. The third-order valence-electron chi connectivity index (χ3n) is 3.74. The minimum atomic E-state index is 0.0901. The molecule has 0 spiro atoms. The van der Waals surface area contributed by atoms with Gasteiger partial charge in [-0.15, -0.1) is 0 Å². The third kappa shape index (κ3) is 4.62. The first-order valence-corrected chi connectivity index (χ1v) is 7.60. The Morgan fingerprint density at radius 1 is 1.20 bits per heavy atom. The molecule has 1 aliphatic rings. The Balaban J connectivity index is 1.91. The smallest absolute Gasteiger partial charge is 0.224 e. The molecule has 2 rings (SSSR count). The molecular weight excluding hydrogens is 250 g/mol. The van der Waals surface area contributed by atoms with Crippen LogP contribution in [0.25, 0.3) is 0 Å². The van der Waals surface area contributed by atoms with Crippen molar-refractivity contribution in [3.8, 4) is 0 Å². The topological polar surface area (TPSA) is 58.4 Å². The molecule has 1 saturated heterocycles. The van der Waals surface area contributed by atoms with E-state index in [4.69, 9.17) is 5.73 Å². The Labute approximate surface area is 121 Å². The number of carbonyl (C=O) groups excluding carboxylic acids is 1. The highest BCUT2D eigenvalue weighted by atomic mass is 16.1. The highest BCUT2D eigenvalue weighted by Gasteiger charge is 2.14. The number of anilines is 1. The highest BCUT2D eigenvalue weighted by molar-refractivity contribution is 5.91. The van der Waals surface area contributed by atoms with Crippen LogP contribution in [0.5, 0.6) is 0 Å². The van der Waals surface area contributed by atoms with Crippen molar-refractivity contribution < 1.29 is 4.79 Å². The van der Waals surface area contributed by atoms with Gasteiger partial charge in [-0.2, -0.15) is 0 Å². The Hall–Kier alpha value is -1.39. The minimum Gasteiger partial charge on any atom is -0.330 e. The van der Waals surface area contributed by atoms with Crippen molar-refractivity contribution in [2.24, 2.45) is 5.73 Å². The summed E-state index contributed by atoms with van der Waals surface area (Å²) >= 11 is 0. The van der Waals surface area contributed by atoms with Gasteiger partial charge in [-0.25, -0.2) is 0 Å². The van der Waals surface area contributed by atoms with E-state index in [0.29, 0.717) is 13.0 Å². The molecule has 0 radical (unpaired) electrons. The summed E-state index contributed by atoms with van der Waals surface area (Å²) in [6, 6.07) is 8.11. The number of benzene rings is 1. The Kier molecular flexibility index (Phi) is 6.02. The van der Waals surface area contributed by atoms with Crippen LogP contribution in [-0.4, -0.2) is 30.4 Å². The largest absolute Gasteiger partial charge is 0.330 e. The van der Waals surface area contributed by atoms with Gasteiger partial charge in [0.2, 0.25) is 5.91 Å². The van der Waals surface area contributed by atoms with Gasteiger partial charge in [0, 0.05) is 18.7 Å². The zero-order valence-electron chi connectivity index (χ0n) is 12.1. The molecule has 1 heterocycles. The van der Waals surface area contributed by atoms with Crippen LogP contribution in [0.4, 0.5) is 5.69 Å². The van der Waals surface area contributed by atoms with Crippen molar-refractivity contribution in [3.05, 3.63) is 29.8 Å². The molecule has 0 saturated carbocycles. The molecule has 0 atom stereocenters. The summed E-state index contributed by atoms with van der Waals surface area (Å²) in [6.45, 7) is 3.91. The van der Waals surface area contributed by atoms with Crippen LogP contribution in [0.2, 0.25) is 0 Å². The number of nitrogens with one attached hydrogen (secondary N) is 1. The summed E-state index contributed by atoms with van der Waals surface area (Å²) < 4.78 is 0. The Morgan fingerprint density at radius 3 is 2.70 bits per heavy atom. The van der Waals surface area contributed by atoms with Gasteiger partial charge in [0.15, 0.2) is 0 Å². The van der Waals surface area contributed by atoms with E-state index >= 15 is 0 Å². The molecule has 1 aromatic rings. The van der Waals surface area contributed by atoms with Gasteiger partial charge >= 0.3 is 0 Å². The molecule has 20 heavy (non-hydrogen) atoms. The van der Waals surface area contributed by atoms with E-state index in [1.807, 2.05) is 18.2 Å². The molecule has 0 bridgehead atoms. The van der Waals surface area contributed by atoms with Crippen LogP contribution >= 0.6 is 0 Å². The average molecular weight is 275 g/mol. The summed E-state index contributed by atoms with van der Waals surface area (Å²) in [5.41, 5.74) is 7.61. The lowest BCUT2D eigenvalue weighted by atomic mass is 10.1. The van der Waals surface area contributed by atoms with Crippen molar-refractivity contribution in [1.29, 1.82) is 0 Å². The molecule has 0 aromatic heterocycles. The van der Waals surface area contributed by atoms with Gasteiger partial charge in [-0.05, 0) is 56.9 Å². The van der Waals surface area contributed by atoms with Crippen LogP contribution in [0.1, 0.15) is 37.7 Å². The van der Waals surface area contributed by atoms with Crippen molar-refractivity contribution in [3.63, 3.8) is 0 Å². The second kappa shape index (κ2) is 8.02. The first-order valence-electron chi connectivity index (χ1n) is 7.60. The number of nitrogens with two attached hydrogens (primary N) is 1. The summed E-state index contributed by atoms with van der Waals surface area (Å²) in [4.78, 5) is 14.4. The molecule has 3 N–H and O–H groups in total. The van der Waals surface area contributed by atoms with E-state index in [1.165, 1.54) is 31.5 Å². The van der Waals surface area contributed by atoms with Crippen LogP contribution in [0.15, 0.2) is 24.3 Å². The van der Waals surface area contributed by atoms with E-state index in [2.05, 4.69) is 16.3 Å². The molecule has 110 valence electrons. The number of likely N-dealkylation sites (tertiary alicyclic amines) is 1. The minimum absolute atomic E-state index is 0.0901. The summed E-state index contributed by atoms with van der Waals surface area (Å²) in [5, 5.41) is 3.04. The maximum Gasteiger partial charge on any atom is 0.224 e. The lowest BCUT2D eigenvalue weighted by Crippen LogP contribution is -2.20. The van der Waals surface area contributed by atoms with Gasteiger partial charge in [-0.1, -0.05) is 18.2 Å². The van der Waals surface area contributed by atoms with E-state index < -0.39 is 0 Å². The fourth-order valence-electron chi connectivity index (χ4n) is 2.60. The van der Waals surface area contributed by atoms with Crippen LogP contribution in [-0.2, 0) is 11.3 Å². The van der Waals surface area contributed by atoms with Crippen LogP contribution in [0, 0.1) is 0 Å². The van der Waals surface area contributed by atoms with Gasteiger partial charge in [0.1, 0.15) is 0 Å². The lowest BCUT2D eigenvalue weighted by molar-refractivity contribution is -0.116. The standard InChI is InChI=1S/C16H25N3O/c17-10-4-3-9-16(20)18-15-8-2-1-7-14(15)13-19-11-5-6-12-19/h1-2,7-8H,3-6,9-13,17H2,(H,18,20). The number of hydrogen-bond acceptors (Lipinski definition) is 3. The molecule has 4 heteroatoms. The normalized spacial score (nSPS) is 15.4. The number of nitrogens with zero attached hydrogens (tertiary/aromatic N) is 1. The maximum atomic E-state index is 11.9. The zero-order valence-corrected chi connectivity index (χ0v) is 12.1. The van der Waals surface area contributed by atoms with E-state index in [9.17, 15) is 4.79 Å². The second-order valence-electron chi connectivity index (χ2n) is 5.43. The van der Waals surface area contributed by atoms with Gasteiger partial charge in [-0.3, -0.25) is 9.69 Å². The van der Waals surface area contributed by atoms with E-state index in [-0.39, 0.29) is 5.91 Å². The summed E-state index contributed by atoms with van der Waals surface area (Å²) in [5.74, 6) is 0.0901. The molecular formula is C16H25N3O. The Morgan fingerprint density at radius 2 is 1.95 bits per heavy atom. The molecule has 4 nitrogen and oxygen atoms in total. The van der Waals surface area contributed by atoms with Crippen LogP contribution in [0.3, 0.4) is 0 Å². The Bertz CT molecular complexity index is 427. The first kappa shape index (κ1) is 15.0. The predicted octanol–water partition coefficient (Wildman–Crippen LogP) is 2.35. The van der Waals surface area contributed by atoms with E-state index in [0.717, 1.165) is 25.1 Å². The second-order valence-corrected chi connectivity index (χ2v) is 5.43. The third-order valence-corrected chi connectivity index (χ3v) is 3.74. The predicted molar refractivity (Wildman–Crippen MR) is 82.5 cm³/mol. The molecule has 1 aromatic carbocycles. The molecule has 0 unspecified atom stereocenters. The number of hydrogen-bond donors (Lipinski definition) is 2. The molecule has 1 amide bonds. The van der Waals surface area contributed by atoms with Crippen molar-refractivity contribution in [2.45, 2.75) is 38.6 Å². The van der Waals surface area contributed by atoms with Crippen molar-refractivity contribution in [1.82, 2.24) is 4.90 Å². The highest BCUT2D eigenvalue weighted by Crippen LogP contribution is 2.20. The number of carbonyl (C=O) groups is 1. The SMILES string of the molecule is NCCCCC(=O)Nc1ccccc1CN1CCCC1. The first-order chi connectivity index (χ1) is 9.79. The van der Waals surface area contributed by atoms with Crippen molar-refractivity contribution >= 4 is 11.6 Å². The average Bonchev–Trinajstić information content (AvgIpc) is 2.94. The molecule has 0 aliphatic carbocycles. The number of rotatable bonds is 7. The number of amides is 1. The number of para-hydroxylation sites is 1. The molecule has 1 fully saturated rings. The fourth-order valence-corrected chi connectivity index (χ4v) is 2.60. The van der Waals surface area contributed by atoms with Crippen molar-refractivity contribution in [2.75, 3.05) is 25.0 Å². The fraction of sp³-hybridized carbons (Fsp3) is 0.562. The van der Waals surface area contributed by atoms with Gasteiger partial charge in [0.05, 0.1) is 0 Å². The monoisotopic (exact) mass is 275 g/mol. The maximum absolute atomic E-state index is 11.9. The van der Waals surface area contributed by atoms with Gasteiger partial charge < -0.3 is 11.1 Å². The lowest BCUT2D eigenvalue weighted by Gasteiger charge is -2.17.